The van der Waals surface area contributed by atoms with Crippen LogP contribution in [0.25, 0.3) is 0 Å². The summed E-state index contributed by atoms with van der Waals surface area (Å²) in [5.74, 6) is 0.0413. The van der Waals surface area contributed by atoms with E-state index in [9.17, 15) is 9.59 Å². The number of alkyl carbamates (subject to hydrolysis) is 1. The molecule has 1 aliphatic carbocycles. The quantitative estimate of drug-likeness (QED) is 0.739. The molecule has 2 amide bonds. The van der Waals surface area contributed by atoms with Crippen molar-refractivity contribution >= 4 is 12.0 Å². The van der Waals surface area contributed by atoms with E-state index in [1.54, 1.807) is 0 Å². The van der Waals surface area contributed by atoms with Gasteiger partial charge in [0.25, 0.3) is 0 Å². The largest absolute Gasteiger partial charge is 0.444 e. The Bertz CT molecular complexity index is 430. The predicted molar refractivity (Wildman–Crippen MR) is 96.9 cm³/mol. The molecule has 5 nitrogen and oxygen atoms in total. The van der Waals surface area contributed by atoms with E-state index < -0.39 is 22.6 Å². The minimum Gasteiger partial charge on any atom is -0.444 e. The van der Waals surface area contributed by atoms with Crippen LogP contribution in [-0.2, 0) is 9.53 Å². The molecule has 0 saturated heterocycles. The molecule has 0 aromatic carbocycles. The normalized spacial score (nSPS) is 18.4. The third kappa shape index (κ3) is 6.70. The van der Waals surface area contributed by atoms with E-state index in [0.29, 0.717) is 6.54 Å². The Kier molecular flexibility index (Phi) is 7.11. The Balaban J connectivity index is 2.79. The zero-order valence-electron chi connectivity index (χ0n) is 16.4. The van der Waals surface area contributed by atoms with Gasteiger partial charge in [0.2, 0.25) is 5.91 Å². The zero-order chi connectivity index (χ0) is 18.4. The van der Waals surface area contributed by atoms with Crippen molar-refractivity contribution in [2.24, 2.45) is 5.41 Å². The summed E-state index contributed by atoms with van der Waals surface area (Å²) in [6.07, 6.45) is 6.60. The van der Waals surface area contributed by atoms with Crippen LogP contribution in [0.4, 0.5) is 4.79 Å². The lowest BCUT2D eigenvalue weighted by atomic mass is 9.87. The Hall–Kier alpha value is -1.26. The predicted octanol–water partition coefficient (Wildman–Crippen LogP) is 4.16. The number of hydrogen-bond donors (Lipinski definition) is 2. The van der Waals surface area contributed by atoms with Gasteiger partial charge in [-0.3, -0.25) is 4.79 Å². The van der Waals surface area contributed by atoms with Crippen molar-refractivity contribution in [3.63, 3.8) is 0 Å². The molecule has 1 fully saturated rings. The molecule has 0 unspecified atom stereocenters. The van der Waals surface area contributed by atoms with E-state index in [1.807, 2.05) is 41.5 Å². The molecular formula is C19H36N2O3. The van der Waals surface area contributed by atoms with Gasteiger partial charge >= 0.3 is 6.09 Å². The number of carbonyl (C=O) groups is 2. The SMILES string of the molecule is CCC(C)(C)C(=O)NCC1(NC(=O)OC(C)(C)C)CCCCCC1. The lowest BCUT2D eigenvalue weighted by Gasteiger charge is -2.36. The maximum atomic E-state index is 12.4. The first-order chi connectivity index (χ1) is 11.0. The topological polar surface area (TPSA) is 67.4 Å². The van der Waals surface area contributed by atoms with Gasteiger partial charge in [-0.2, -0.15) is 0 Å². The van der Waals surface area contributed by atoms with Crippen molar-refractivity contribution in [2.75, 3.05) is 6.54 Å². The van der Waals surface area contributed by atoms with E-state index >= 15 is 0 Å². The average molecular weight is 341 g/mol. The van der Waals surface area contributed by atoms with Gasteiger partial charge in [-0.15, -0.1) is 0 Å². The zero-order valence-corrected chi connectivity index (χ0v) is 16.4. The second kappa shape index (κ2) is 8.21. The smallest absolute Gasteiger partial charge is 0.408 e. The molecule has 5 heteroatoms. The van der Waals surface area contributed by atoms with Crippen LogP contribution in [-0.4, -0.2) is 29.7 Å². The summed E-state index contributed by atoms with van der Waals surface area (Å²) >= 11 is 0. The molecule has 0 heterocycles. The van der Waals surface area contributed by atoms with Gasteiger partial charge < -0.3 is 15.4 Å². The van der Waals surface area contributed by atoms with Crippen LogP contribution in [0.2, 0.25) is 0 Å². The molecule has 0 bridgehead atoms. The van der Waals surface area contributed by atoms with Crippen LogP contribution < -0.4 is 10.6 Å². The summed E-state index contributed by atoms with van der Waals surface area (Å²) in [7, 11) is 0. The van der Waals surface area contributed by atoms with Crippen molar-refractivity contribution in [1.29, 1.82) is 0 Å². The highest BCUT2D eigenvalue weighted by molar-refractivity contribution is 5.81. The van der Waals surface area contributed by atoms with Gasteiger partial charge in [0, 0.05) is 12.0 Å². The minimum atomic E-state index is -0.524. The standard InChI is InChI=1S/C19H36N2O3/c1-7-18(5,6)15(22)20-14-19(12-10-8-9-11-13-19)21-16(23)24-17(2,3)4/h7-14H2,1-6H3,(H,20,22)(H,21,23). The van der Waals surface area contributed by atoms with E-state index in [-0.39, 0.29) is 5.91 Å². The van der Waals surface area contributed by atoms with E-state index in [0.717, 1.165) is 32.1 Å². The van der Waals surface area contributed by atoms with Crippen LogP contribution in [0.1, 0.15) is 86.5 Å². The van der Waals surface area contributed by atoms with Gasteiger partial charge in [-0.25, -0.2) is 4.79 Å². The Labute approximate surface area is 147 Å². The fraction of sp³-hybridized carbons (Fsp3) is 0.895. The van der Waals surface area contributed by atoms with Crippen molar-refractivity contribution in [3.8, 4) is 0 Å². The van der Waals surface area contributed by atoms with Crippen molar-refractivity contribution in [2.45, 2.75) is 97.6 Å². The van der Waals surface area contributed by atoms with E-state index in [2.05, 4.69) is 10.6 Å². The van der Waals surface area contributed by atoms with Crippen molar-refractivity contribution < 1.29 is 14.3 Å². The molecule has 0 aromatic heterocycles. The summed E-state index contributed by atoms with van der Waals surface area (Å²) in [5.41, 5.74) is -1.32. The lowest BCUT2D eigenvalue weighted by Crippen LogP contribution is -2.57. The van der Waals surface area contributed by atoms with Crippen LogP contribution in [0.15, 0.2) is 0 Å². The fourth-order valence-corrected chi connectivity index (χ4v) is 2.92. The molecule has 0 atom stereocenters. The first-order valence-corrected chi connectivity index (χ1v) is 9.29. The molecule has 0 spiro atoms. The second-order valence-electron chi connectivity index (χ2n) is 8.74. The molecule has 1 rings (SSSR count). The van der Waals surface area contributed by atoms with Crippen LogP contribution >= 0.6 is 0 Å². The highest BCUT2D eigenvalue weighted by atomic mass is 16.6. The van der Waals surface area contributed by atoms with Crippen LogP contribution in [0, 0.1) is 5.41 Å². The van der Waals surface area contributed by atoms with Crippen molar-refractivity contribution in [1.82, 2.24) is 10.6 Å². The maximum absolute atomic E-state index is 12.4. The number of rotatable bonds is 5. The maximum Gasteiger partial charge on any atom is 0.408 e. The number of hydrogen-bond acceptors (Lipinski definition) is 3. The number of carbonyl (C=O) groups excluding carboxylic acids is 2. The van der Waals surface area contributed by atoms with E-state index in [1.165, 1.54) is 12.8 Å². The van der Waals surface area contributed by atoms with Crippen LogP contribution in [0.3, 0.4) is 0 Å². The molecule has 1 saturated carbocycles. The van der Waals surface area contributed by atoms with Gasteiger partial charge in [0.1, 0.15) is 5.60 Å². The monoisotopic (exact) mass is 340 g/mol. The highest BCUT2D eigenvalue weighted by Gasteiger charge is 2.36. The summed E-state index contributed by atoms with van der Waals surface area (Å²) in [5, 5.41) is 6.15. The van der Waals surface area contributed by atoms with E-state index in [4.69, 9.17) is 4.74 Å². The molecule has 0 aliphatic heterocycles. The van der Waals surface area contributed by atoms with Gasteiger partial charge in [0.05, 0.1) is 5.54 Å². The average Bonchev–Trinajstić information content (AvgIpc) is 2.68. The Morgan fingerprint density at radius 3 is 2.00 bits per heavy atom. The van der Waals surface area contributed by atoms with Crippen molar-refractivity contribution in [3.05, 3.63) is 0 Å². The number of amides is 2. The van der Waals surface area contributed by atoms with Gasteiger partial charge in [-0.05, 0) is 40.0 Å². The third-order valence-electron chi connectivity index (χ3n) is 4.91. The Morgan fingerprint density at radius 2 is 1.54 bits per heavy atom. The summed E-state index contributed by atoms with van der Waals surface area (Å²) in [6.45, 7) is 12.0. The molecule has 24 heavy (non-hydrogen) atoms. The molecule has 0 aromatic rings. The third-order valence-corrected chi connectivity index (χ3v) is 4.91. The highest BCUT2D eigenvalue weighted by Crippen LogP contribution is 2.28. The first kappa shape index (κ1) is 20.8. The molecular weight excluding hydrogens is 304 g/mol. The second-order valence-corrected chi connectivity index (χ2v) is 8.74. The molecule has 0 radical (unpaired) electrons. The van der Waals surface area contributed by atoms with Crippen LogP contribution in [0.5, 0.6) is 0 Å². The van der Waals surface area contributed by atoms with Gasteiger partial charge in [0.15, 0.2) is 0 Å². The Morgan fingerprint density at radius 1 is 1.00 bits per heavy atom. The summed E-state index contributed by atoms with van der Waals surface area (Å²) in [6, 6.07) is 0. The molecule has 140 valence electrons. The summed E-state index contributed by atoms with van der Waals surface area (Å²) in [4.78, 5) is 24.7. The first-order valence-electron chi connectivity index (χ1n) is 9.29. The minimum absolute atomic E-state index is 0.0413. The lowest BCUT2D eigenvalue weighted by molar-refractivity contribution is -0.129. The number of ether oxygens (including phenoxy) is 1. The number of nitrogens with one attached hydrogen (secondary N) is 2. The molecule has 1 aliphatic rings. The fourth-order valence-electron chi connectivity index (χ4n) is 2.92. The van der Waals surface area contributed by atoms with Gasteiger partial charge in [-0.1, -0.05) is 46.5 Å². The molecule has 2 N–H and O–H groups in total. The summed E-state index contributed by atoms with van der Waals surface area (Å²) < 4.78 is 5.44.